The lowest BCUT2D eigenvalue weighted by Gasteiger charge is -2.32. The topological polar surface area (TPSA) is 76.4 Å². The minimum atomic E-state index is 0. The lowest BCUT2D eigenvalue weighted by Crippen LogP contribution is -2.45. The summed E-state index contributed by atoms with van der Waals surface area (Å²) in [5, 5.41) is 15.4. The number of hydrogen-bond acceptors (Lipinski definition) is 4. The highest BCUT2D eigenvalue weighted by molar-refractivity contribution is 14.0. The number of aryl methyl sites for hydroxylation is 1. The minimum Gasteiger partial charge on any atom is -0.385 e. The van der Waals surface area contributed by atoms with Crippen molar-refractivity contribution in [3.05, 3.63) is 11.6 Å². The Morgan fingerprint density at radius 1 is 1.26 bits per heavy atom. The fraction of sp³-hybridized carbons (Fsp3) is 0.842. The van der Waals surface area contributed by atoms with E-state index in [1.165, 1.54) is 25.7 Å². The van der Waals surface area contributed by atoms with E-state index in [2.05, 4.69) is 34.7 Å². The van der Waals surface area contributed by atoms with Gasteiger partial charge in [-0.05, 0) is 50.9 Å². The zero-order valence-corrected chi connectivity index (χ0v) is 19.8. The van der Waals surface area contributed by atoms with Crippen molar-refractivity contribution in [1.29, 1.82) is 0 Å². The normalized spacial score (nSPS) is 20.4. The van der Waals surface area contributed by atoms with Crippen LogP contribution in [0.3, 0.4) is 0 Å². The Balaban J connectivity index is 0.00000364. The predicted octanol–water partition coefficient (Wildman–Crippen LogP) is 3.03. The summed E-state index contributed by atoms with van der Waals surface area (Å²) in [4.78, 5) is 4.74. The number of nitrogens with one attached hydrogen (secondary N) is 2. The van der Waals surface area contributed by atoms with Crippen LogP contribution in [0.5, 0.6) is 0 Å². The Kier molecular flexibility index (Phi) is 11.2. The molecule has 0 atom stereocenters. The van der Waals surface area contributed by atoms with Gasteiger partial charge in [0.1, 0.15) is 12.4 Å². The second kappa shape index (κ2) is 12.5. The first kappa shape index (κ1) is 24.1. The summed E-state index contributed by atoms with van der Waals surface area (Å²) in [6, 6.07) is 0.500. The van der Waals surface area contributed by atoms with Gasteiger partial charge >= 0.3 is 0 Å². The van der Waals surface area contributed by atoms with Crippen LogP contribution in [0.25, 0.3) is 0 Å². The predicted molar refractivity (Wildman–Crippen MR) is 121 cm³/mol. The summed E-state index contributed by atoms with van der Waals surface area (Å²) in [6.07, 6.45) is 5.99. The SMILES string of the molecule is COCCCNC(=NCc1nnc(C)n1C)NC1CCC(C(C)C)CC1.I. The van der Waals surface area contributed by atoms with Crippen molar-refractivity contribution in [2.75, 3.05) is 20.3 Å². The zero-order chi connectivity index (χ0) is 18.9. The summed E-state index contributed by atoms with van der Waals surface area (Å²) in [5.74, 6) is 4.31. The monoisotopic (exact) mass is 492 g/mol. The van der Waals surface area contributed by atoms with E-state index in [9.17, 15) is 0 Å². The molecule has 8 heteroatoms. The van der Waals surface area contributed by atoms with E-state index in [0.717, 1.165) is 49.0 Å². The molecular formula is C19H37IN6O. The highest BCUT2D eigenvalue weighted by Gasteiger charge is 2.23. The molecule has 1 aromatic heterocycles. The van der Waals surface area contributed by atoms with Crippen LogP contribution in [-0.4, -0.2) is 47.0 Å². The van der Waals surface area contributed by atoms with Gasteiger partial charge in [0.25, 0.3) is 0 Å². The van der Waals surface area contributed by atoms with Crippen molar-refractivity contribution >= 4 is 29.9 Å². The molecule has 1 saturated carbocycles. The van der Waals surface area contributed by atoms with Gasteiger partial charge in [0.2, 0.25) is 0 Å². The van der Waals surface area contributed by atoms with Gasteiger partial charge in [0, 0.05) is 33.4 Å². The summed E-state index contributed by atoms with van der Waals surface area (Å²) in [7, 11) is 3.71. The molecule has 2 rings (SSSR count). The number of methoxy groups -OCH3 is 1. The van der Waals surface area contributed by atoms with Crippen LogP contribution in [0.2, 0.25) is 0 Å². The zero-order valence-electron chi connectivity index (χ0n) is 17.5. The van der Waals surface area contributed by atoms with Crippen LogP contribution in [0.4, 0.5) is 0 Å². The number of aromatic nitrogens is 3. The molecule has 1 aliphatic carbocycles. The summed E-state index contributed by atoms with van der Waals surface area (Å²) in [6.45, 7) is 8.76. The van der Waals surface area contributed by atoms with Gasteiger partial charge in [-0.25, -0.2) is 4.99 Å². The third kappa shape index (κ3) is 7.93. The Morgan fingerprint density at radius 2 is 1.96 bits per heavy atom. The minimum absolute atomic E-state index is 0. The highest BCUT2D eigenvalue weighted by atomic mass is 127. The molecule has 1 aromatic rings. The molecule has 0 spiro atoms. The van der Waals surface area contributed by atoms with E-state index >= 15 is 0 Å². The number of aliphatic imine (C=N–C) groups is 1. The van der Waals surface area contributed by atoms with Crippen molar-refractivity contribution in [2.24, 2.45) is 23.9 Å². The smallest absolute Gasteiger partial charge is 0.191 e. The molecule has 0 saturated heterocycles. The molecule has 156 valence electrons. The number of halogens is 1. The van der Waals surface area contributed by atoms with Crippen LogP contribution in [0.15, 0.2) is 4.99 Å². The molecule has 0 aliphatic heterocycles. The molecule has 1 aliphatic rings. The summed E-state index contributed by atoms with van der Waals surface area (Å²) in [5.41, 5.74) is 0. The van der Waals surface area contributed by atoms with Crippen molar-refractivity contribution in [3.8, 4) is 0 Å². The van der Waals surface area contributed by atoms with Crippen LogP contribution in [0.1, 0.15) is 57.6 Å². The average molecular weight is 492 g/mol. The standard InChI is InChI=1S/C19H36N6O.HI/c1-14(2)16-7-9-17(10-8-16)22-19(20-11-6-12-26-5)21-13-18-24-23-15(3)25(18)4;/h14,16-17H,6-13H2,1-5H3,(H2,20,21,22);1H. The van der Waals surface area contributed by atoms with E-state index < -0.39 is 0 Å². The van der Waals surface area contributed by atoms with E-state index in [0.29, 0.717) is 12.6 Å². The fourth-order valence-electron chi connectivity index (χ4n) is 3.44. The van der Waals surface area contributed by atoms with Crippen molar-refractivity contribution in [2.45, 2.75) is 65.5 Å². The van der Waals surface area contributed by atoms with Gasteiger partial charge in [-0.2, -0.15) is 0 Å². The molecular weight excluding hydrogens is 455 g/mol. The lowest BCUT2D eigenvalue weighted by molar-refractivity contribution is 0.195. The maximum Gasteiger partial charge on any atom is 0.191 e. The molecule has 0 aromatic carbocycles. The molecule has 7 nitrogen and oxygen atoms in total. The van der Waals surface area contributed by atoms with E-state index in [1.54, 1.807) is 7.11 Å². The van der Waals surface area contributed by atoms with Gasteiger partial charge in [-0.1, -0.05) is 13.8 Å². The second-order valence-corrected chi connectivity index (χ2v) is 7.66. The molecule has 0 unspecified atom stereocenters. The number of nitrogens with zero attached hydrogens (tertiary/aromatic N) is 4. The number of rotatable bonds is 8. The first-order valence-electron chi connectivity index (χ1n) is 9.90. The molecule has 0 radical (unpaired) electrons. The average Bonchev–Trinajstić information content (AvgIpc) is 2.95. The maximum atomic E-state index is 5.13. The Hall–Kier alpha value is -0.900. The first-order valence-corrected chi connectivity index (χ1v) is 9.90. The van der Waals surface area contributed by atoms with Crippen molar-refractivity contribution < 1.29 is 4.74 Å². The fourth-order valence-corrected chi connectivity index (χ4v) is 3.44. The largest absolute Gasteiger partial charge is 0.385 e. The van der Waals surface area contributed by atoms with Crippen LogP contribution >= 0.6 is 24.0 Å². The molecule has 0 amide bonds. The van der Waals surface area contributed by atoms with Gasteiger partial charge < -0.3 is 19.9 Å². The first-order chi connectivity index (χ1) is 12.5. The number of guanidine groups is 1. The maximum absolute atomic E-state index is 5.13. The molecule has 0 bridgehead atoms. The highest BCUT2D eigenvalue weighted by Crippen LogP contribution is 2.29. The van der Waals surface area contributed by atoms with Gasteiger partial charge in [-0.15, -0.1) is 34.2 Å². The Labute approximate surface area is 181 Å². The van der Waals surface area contributed by atoms with Crippen molar-refractivity contribution in [3.63, 3.8) is 0 Å². The third-order valence-corrected chi connectivity index (χ3v) is 5.43. The summed E-state index contributed by atoms with van der Waals surface area (Å²) >= 11 is 0. The quantitative estimate of drug-likeness (QED) is 0.253. The number of ether oxygens (including phenoxy) is 1. The van der Waals surface area contributed by atoms with Crippen LogP contribution in [0, 0.1) is 18.8 Å². The van der Waals surface area contributed by atoms with Crippen LogP contribution < -0.4 is 10.6 Å². The Morgan fingerprint density at radius 3 is 2.52 bits per heavy atom. The van der Waals surface area contributed by atoms with Crippen LogP contribution in [-0.2, 0) is 18.3 Å². The second-order valence-electron chi connectivity index (χ2n) is 7.66. The van der Waals surface area contributed by atoms with E-state index in [4.69, 9.17) is 9.73 Å². The van der Waals surface area contributed by atoms with Gasteiger partial charge in [0.15, 0.2) is 11.8 Å². The lowest BCUT2D eigenvalue weighted by atomic mass is 9.80. The molecule has 1 fully saturated rings. The molecule has 27 heavy (non-hydrogen) atoms. The van der Waals surface area contributed by atoms with E-state index in [-0.39, 0.29) is 24.0 Å². The number of hydrogen-bond donors (Lipinski definition) is 2. The Bertz CT molecular complexity index is 567. The van der Waals surface area contributed by atoms with E-state index in [1.807, 2.05) is 18.5 Å². The third-order valence-electron chi connectivity index (χ3n) is 5.43. The van der Waals surface area contributed by atoms with Crippen molar-refractivity contribution in [1.82, 2.24) is 25.4 Å². The molecule has 1 heterocycles. The molecule has 2 N–H and O–H groups in total. The van der Waals surface area contributed by atoms with Gasteiger partial charge in [0.05, 0.1) is 0 Å². The van der Waals surface area contributed by atoms with Gasteiger partial charge in [-0.3, -0.25) is 0 Å². The summed E-state index contributed by atoms with van der Waals surface area (Å²) < 4.78 is 7.12.